The summed E-state index contributed by atoms with van der Waals surface area (Å²) in [5, 5.41) is 9.27. The lowest BCUT2D eigenvalue weighted by atomic mass is 9.91. The van der Waals surface area contributed by atoms with Crippen LogP contribution in [0.4, 0.5) is 0 Å². The molecule has 0 saturated carbocycles. The van der Waals surface area contributed by atoms with Crippen LogP contribution in [-0.2, 0) is 11.3 Å². The van der Waals surface area contributed by atoms with Crippen LogP contribution in [0.5, 0.6) is 0 Å². The largest absolute Gasteiger partial charge is 0.396 e. The van der Waals surface area contributed by atoms with Crippen LogP contribution in [0.2, 0.25) is 5.02 Å². The van der Waals surface area contributed by atoms with Gasteiger partial charge >= 0.3 is 4.87 Å². The van der Waals surface area contributed by atoms with E-state index in [9.17, 15) is 9.59 Å². The van der Waals surface area contributed by atoms with E-state index in [0.29, 0.717) is 21.3 Å². The highest BCUT2D eigenvalue weighted by molar-refractivity contribution is 7.16. The van der Waals surface area contributed by atoms with E-state index in [0.717, 1.165) is 50.1 Å². The Balaban J connectivity index is 1.51. The second-order valence-electron chi connectivity index (χ2n) is 7.18. The fraction of sp³-hybridized carbons (Fsp3) is 0.632. The van der Waals surface area contributed by atoms with Crippen LogP contribution in [0, 0.1) is 5.92 Å². The molecule has 6 nitrogen and oxygen atoms in total. The molecule has 1 N–H and O–H groups in total. The van der Waals surface area contributed by atoms with Crippen LogP contribution in [0.25, 0.3) is 10.3 Å². The maximum Gasteiger partial charge on any atom is 0.310 e. The zero-order valence-corrected chi connectivity index (χ0v) is 17.0. The van der Waals surface area contributed by atoms with Crippen LogP contribution < -0.4 is 4.87 Å². The van der Waals surface area contributed by atoms with Crippen molar-refractivity contribution >= 4 is 39.2 Å². The first kappa shape index (κ1) is 20.3. The molecule has 0 radical (unpaired) electrons. The molecule has 1 aliphatic rings. The van der Waals surface area contributed by atoms with Crippen LogP contribution in [0.3, 0.4) is 0 Å². The van der Waals surface area contributed by atoms with Crippen LogP contribution in [-0.4, -0.2) is 45.2 Å². The average Bonchev–Trinajstić information content (AvgIpc) is 2.97. The van der Waals surface area contributed by atoms with Gasteiger partial charge in [0.2, 0.25) is 5.91 Å². The summed E-state index contributed by atoms with van der Waals surface area (Å²) >= 11 is 7.03. The van der Waals surface area contributed by atoms with Crippen LogP contribution in [0.15, 0.2) is 17.1 Å². The molecular weight excluding hydrogens is 386 g/mol. The van der Waals surface area contributed by atoms with Gasteiger partial charge in [-0.1, -0.05) is 48.6 Å². The molecule has 1 amide bonds. The monoisotopic (exact) mass is 411 g/mol. The number of hydrogen-bond acceptors (Lipinski definition) is 5. The molecule has 0 spiro atoms. The number of carbonyl (C=O) groups excluding carboxylic acids is 1. The number of aliphatic hydroxyl groups is 1. The molecule has 8 heteroatoms. The molecule has 0 aromatic carbocycles. The molecule has 3 rings (SSSR count). The number of piperidine rings is 1. The molecule has 2 aromatic rings. The number of unbranched alkanes of at least 4 members (excludes halogenated alkanes) is 3. The predicted molar refractivity (Wildman–Crippen MR) is 108 cm³/mol. The minimum Gasteiger partial charge on any atom is -0.396 e. The Hall–Kier alpha value is -1.44. The molecule has 0 atom stereocenters. The minimum atomic E-state index is -0.175. The van der Waals surface area contributed by atoms with Crippen molar-refractivity contribution in [2.24, 2.45) is 5.92 Å². The van der Waals surface area contributed by atoms with E-state index >= 15 is 0 Å². The Labute approximate surface area is 167 Å². The third-order valence-corrected chi connectivity index (χ3v) is 6.38. The van der Waals surface area contributed by atoms with E-state index in [2.05, 4.69) is 4.98 Å². The van der Waals surface area contributed by atoms with Crippen LogP contribution in [0.1, 0.15) is 44.9 Å². The summed E-state index contributed by atoms with van der Waals surface area (Å²) < 4.78 is 1.48. The number of carbonyl (C=O) groups is 1. The van der Waals surface area contributed by atoms with Crippen molar-refractivity contribution in [3.8, 4) is 0 Å². The highest BCUT2D eigenvalue weighted by Crippen LogP contribution is 2.24. The molecule has 1 saturated heterocycles. The fourth-order valence-corrected chi connectivity index (χ4v) is 4.65. The van der Waals surface area contributed by atoms with E-state index in [1.54, 1.807) is 6.07 Å². The number of fused-ring (bicyclic) bond motifs is 1. The highest BCUT2D eigenvalue weighted by Gasteiger charge is 2.23. The number of amides is 1. The summed E-state index contributed by atoms with van der Waals surface area (Å²) in [5.41, 5.74) is 0.628. The summed E-state index contributed by atoms with van der Waals surface area (Å²) in [6.07, 6.45) is 9.12. The lowest BCUT2D eigenvalue weighted by Gasteiger charge is -2.32. The number of likely N-dealkylation sites (tertiary alicyclic amines) is 1. The first-order chi connectivity index (χ1) is 13.1. The predicted octanol–water partition coefficient (Wildman–Crippen LogP) is 3.29. The summed E-state index contributed by atoms with van der Waals surface area (Å²) in [6.45, 7) is 1.85. The number of halogens is 1. The Morgan fingerprint density at radius 3 is 2.74 bits per heavy atom. The van der Waals surface area contributed by atoms with E-state index in [1.807, 2.05) is 4.90 Å². The molecule has 27 heavy (non-hydrogen) atoms. The second kappa shape index (κ2) is 9.66. The standard InChI is InChI=1S/C19H26ClN3O3S/c20-15-11-16-18(21-12-15)27-19(26)23(16)13-17(25)22-8-6-14(7-9-22)5-3-1-2-4-10-24/h11-12,14,24H,1-10,13H2. The second-order valence-corrected chi connectivity index (χ2v) is 8.56. The van der Waals surface area contributed by atoms with Crippen molar-refractivity contribution in [2.75, 3.05) is 19.7 Å². The molecule has 1 fully saturated rings. The maximum atomic E-state index is 12.7. The van der Waals surface area contributed by atoms with E-state index in [1.165, 1.54) is 30.0 Å². The van der Waals surface area contributed by atoms with Gasteiger partial charge in [-0.25, -0.2) is 4.98 Å². The molecule has 0 unspecified atom stereocenters. The average molecular weight is 412 g/mol. The number of rotatable bonds is 8. The zero-order valence-electron chi connectivity index (χ0n) is 15.4. The topological polar surface area (TPSA) is 75.4 Å². The smallest absolute Gasteiger partial charge is 0.310 e. The molecule has 0 aliphatic carbocycles. The molecule has 2 aromatic heterocycles. The Kier molecular flexibility index (Phi) is 7.26. The number of pyridine rings is 1. The first-order valence-electron chi connectivity index (χ1n) is 9.62. The van der Waals surface area contributed by atoms with Gasteiger partial charge in [0, 0.05) is 25.9 Å². The molecular formula is C19H26ClN3O3S. The lowest BCUT2D eigenvalue weighted by molar-refractivity contribution is -0.133. The van der Waals surface area contributed by atoms with E-state index < -0.39 is 0 Å². The van der Waals surface area contributed by atoms with Gasteiger partial charge in [0.1, 0.15) is 11.4 Å². The molecule has 0 bridgehead atoms. The zero-order chi connectivity index (χ0) is 19.2. The number of aromatic nitrogens is 2. The number of aliphatic hydroxyl groups excluding tert-OH is 1. The normalized spacial score (nSPS) is 15.6. The summed E-state index contributed by atoms with van der Waals surface area (Å²) in [7, 11) is 0. The van der Waals surface area contributed by atoms with Gasteiger partial charge in [0.05, 0.1) is 10.5 Å². The van der Waals surface area contributed by atoms with Gasteiger partial charge in [0.15, 0.2) is 0 Å². The summed E-state index contributed by atoms with van der Waals surface area (Å²) in [6, 6.07) is 1.69. The third-order valence-electron chi connectivity index (χ3n) is 5.28. The van der Waals surface area contributed by atoms with Crippen molar-refractivity contribution in [1.29, 1.82) is 0 Å². The lowest BCUT2D eigenvalue weighted by Crippen LogP contribution is -2.41. The molecule has 148 valence electrons. The van der Waals surface area contributed by atoms with Gasteiger partial charge < -0.3 is 10.0 Å². The number of hydrogen-bond donors (Lipinski definition) is 1. The Morgan fingerprint density at radius 2 is 2.00 bits per heavy atom. The van der Waals surface area contributed by atoms with Gasteiger partial charge in [-0.05, 0) is 31.2 Å². The van der Waals surface area contributed by atoms with Crippen LogP contribution >= 0.6 is 22.9 Å². The fourth-order valence-electron chi connectivity index (χ4n) is 3.68. The number of thiazole rings is 1. The van der Waals surface area contributed by atoms with Crippen molar-refractivity contribution in [1.82, 2.24) is 14.5 Å². The molecule has 3 heterocycles. The van der Waals surface area contributed by atoms with E-state index in [-0.39, 0.29) is 23.9 Å². The van der Waals surface area contributed by atoms with Gasteiger partial charge in [-0.2, -0.15) is 0 Å². The SMILES string of the molecule is O=C(Cn1c(=O)sc2ncc(Cl)cc21)N1CCC(CCCCCCO)CC1. The van der Waals surface area contributed by atoms with Gasteiger partial charge in [-0.15, -0.1) is 0 Å². The molecule has 1 aliphatic heterocycles. The quantitative estimate of drug-likeness (QED) is 0.676. The van der Waals surface area contributed by atoms with Gasteiger partial charge in [0.25, 0.3) is 0 Å². The Bertz CT molecular complexity index is 827. The minimum absolute atomic E-state index is 0.0156. The van der Waals surface area contributed by atoms with Crippen molar-refractivity contribution in [3.63, 3.8) is 0 Å². The number of nitrogens with zero attached hydrogens (tertiary/aromatic N) is 3. The summed E-state index contributed by atoms with van der Waals surface area (Å²) in [4.78, 5) is 31.4. The Morgan fingerprint density at radius 1 is 1.26 bits per heavy atom. The van der Waals surface area contributed by atoms with Crippen molar-refractivity contribution in [3.05, 3.63) is 27.0 Å². The maximum absolute atomic E-state index is 12.7. The first-order valence-corrected chi connectivity index (χ1v) is 10.8. The summed E-state index contributed by atoms with van der Waals surface area (Å²) in [5.74, 6) is 0.661. The van der Waals surface area contributed by atoms with E-state index in [4.69, 9.17) is 16.7 Å². The van der Waals surface area contributed by atoms with Crippen molar-refractivity contribution < 1.29 is 9.90 Å². The van der Waals surface area contributed by atoms with Crippen molar-refractivity contribution in [2.45, 2.75) is 51.5 Å². The van der Waals surface area contributed by atoms with Gasteiger partial charge in [-0.3, -0.25) is 14.2 Å². The third kappa shape index (κ3) is 5.30. The highest BCUT2D eigenvalue weighted by atomic mass is 35.5.